The van der Waals surface area contributed by atoms with Crippen molar-refractivity contribution in [2.24, 2.45) is 0 Å². The summed E-state index contributed by atoms with van der Waals surface area (Å²) in [6.45, 7) is 2.32. The number of nitrogens with one attached hydrogen (secondary N) is 3. The molecule has 3 rings (SSSR count). The number of hydrogen-bond acceptors (Lipinski definition) is 8. The maximum atomic E-state index is 15.3. The largest absolute Gasteiger partial charge is 0.496 e. The zero-order valence-electron chi connectivity index (χ0n) is 15.6. The highest BCUT2D eigenvalue weighted by atomic mass is 19.1. The molecule has 1 aromatic carbocycles. The molecule has 2 aromatic heterocycles. The fourth-order valence-corrected chi connectivity index (χ4v) is 2.62. The lowest BCUT2D eigenvalue weighted by molar-refractivity contribution is 0.377. The summed E-state index contributed by atoms with van der Waals surface area (Å²) >= 11 is 0. The van der Waals surface area contributed by atoms with Crippen LogP contribution in [0.2, 0.25) is 0 Å². The third-order valence-electron chi connectivity index (χ3n) is 3.85. The zero-order valence-corrected chi connectivity index (χ0v) is 15.6. The van der Waals surface area contributed by atoms with E-state index in [1.165, 1.54) is 7.11 Å². The minimum Gasteiger partial charge on any atom is -0.496 e. The molecule has 0 aliphatic rings. The molecule has 142 valence electrons. The molecule has 9 heteroatoms. The summed E-state index contributed by atoms with van der Waals surface area (Å²) in [5.74, 6) is 1.32. The van der Waals surface area contributed by atoms with Gasteiger partial charge in [0, 0.05) is 24.9 Å². The number of rotatable bonds is 7. The average molecular weight is 372 g/mol. The molecule has 0 bridgehead atoms. The van der Waals surface area contributed by atoms with Gasteiger partial charge < -0.3 is 25.2 Å². The van der Waals surface area contributed by atoms with Gasteiger partial charge in [-0.1, -0.05) is 5.16 Å². The highest BCUT2D eigenvalue weighted by molar-refractivity contribution is 5.74. The molecule has 0 atom stereocenters. The van der Waals surface area contributed by atoms with E-state index in [1.807, 2.05) is 6.92 Å². The van der Waals surface area contributed by atoms with Crippen molar-refractivity contribution in [1.82, 2.24) is 20.4 Å². The van der Waals surface area contributed by atoms with Gasteiger partial charge >= 0.3 is 0 Å². The lowest BCUT2D eigenvalue weighted by Gasteiger charge is -2.13. The lowest BCUT2D eigenvalue weighted by Crippen LogP contribution is -2.04. The standard InChI is InChI=1S/C18H21FN6O2/c1-10-7-15(21-3)24-18(22-10)23-12-5-6-14(26-4)16(17(12)19)13-8-11(9-20-2)27-25-13/h5-8,20H,9H2,1-4H3,(H2,21,22,23,24). The number of aryl methyl sites for hydroxylation is 1. The highest BCUT2D eigenvalue weighted by Gasteiger charge is 2.20. The first-order chi connectivity index (χ1) is 13.0. The highest BCUT2D eigenvalue weighted by Crippen LogP contribution is 2.36. The normalized spacial score (nSPS) is 10.7. The molecule has 3 N–H and O–H groups in total. The van der Waals surface area contributed by atoms with E-state index < -0.39 is 5.82 Å². The van der Waals surface area contributed by atoms with Crippen LogP contribution in [0, 0.1) is 12.7 Å². The van der Waals surface area contributed by atoms with Crippen LogP contribution in [0.5, 0.6) is 5.75 Å². The van der Waals surface area contributed by atoms with Crippen LogP contribution in [0.3, 0.4) is 0 Å². The zero-order chi connectivity index (χ0) is 19.4. The first-order valence-electron chi connectivity index (χ1n) is 8.33. The van der Waals surface area contributed by atoms with Gasteiger partial charge in [-0.25, -0.2) is 9.37 Å². The van der Waals surface area contributed by atoms with Crippen LogP contribution in [0.4, 0.5) is 21.8 Å². The van der Waals surface area contributed by atoms with E-state index >= 15 is 4.39 Å². The maximum absolute atomic E-state index is 15.3. The molecule has 27 heavy (non-hydrogen) atoms. The average Bonchev–Trinajstić information content (AvgIpc) is 3.11. The van der Waals surface area contributed by atoms with Gasteiger partial charge in [0.15, 0.2) is 11.6 Å². The van der Waals surface area contributed by atoms with E-state index in [9.17, 15) is 0 Å². The Morgan fingerprint density at radius 2 is 2.00 bits per heavy atom. The molecule has 8 nitrogen and oxygen atoms in total. The summed E-state index contributed by atoms with van der Waals surface area (Å²) in [7, 11) is 5.02. The third kappa shape index (κ3) is 3.98. The molecule has 0 saturated carbocycles. The van der Waals surface area contributed by atoms with Gasteiger partial charge in [0.2, 0.25) is 5.95 Å². The SMILES string of the molecule is CNCc1cc(-c2c(OC)ccc(Nc3nc(C)cc(NC)n3)c2F)no1. The molecule has 0 fully saturated rings. The van der Waals surface area contributed by atoms with Crippen LogP contribution in [0.15, 0.2) is 28.8 Å². The molecular weight excluding hydrogens is 351 g/mol. The van der Waals surface area contributed by atoms with Gasteiger partial charge in [-0.3, -0.25) is 0 Å². The predicted octanol–water partition coefficient (Wildman–Crippen LogP) is 3.09. The molecule has 3 aromatic rings. The van der Waals surface area contributed by atoms with Crippen LogP contribution in [0.25, 0.3) is 11.3 Å². The molecule has 0 unspecified atom stereocenters. The van der Waals surface area contributed by atoms with Crippen molar-refractivity contribution >= 4 is 17.5 Å². The second-order valence-electron chi connectivity index (χ2n) is 5.81. The van der Waals surface area contributed by atoms with Crippen molar-refractivity contribution in [2.45, 2.75) is 13.5 Å². The quantitative estimate of drug-likeness (QED) is 0.582. The number of nitrogens with zero attached hydrogens (tertiary/aromatic N) is 3. The van der Waals surface area contributed by atoms with E-state index in [0.29, 0.717) is 29.6 Å². The van der Waals surface area contributed by atoms with Gasteiger partial charge in [0.05, 0.1) is 24.9 Å². The van der Waals surface area contributed by atoms with E-state index in [-0.39, 0.29) is 17.2 Å². The number of anilines is 3. The van der Waals surface area contributed by atoms with E-state index in [2.05, 4.69) is 31.1 Å². The maximum Gasteiger partial charge on any atom is 0.229 e. The Hall–Kier alpha value is -3.20. The Labute approximate surface area is 156 Å². The lowest BCUT2D eigenvalue weighted by atomic mass is 10.1. The van der Waals surface area contributed by atoms with E-state index in [1.54, 1.807) is 38.4 Å². The van der Waals surface area contributed by atoms with Crippen molar-refractivity contribution in [3.8, 4) is 17.0 Å². The van der Waals surface area contributed by atoms with Gasteiger partial charge in [-0.2, -0.15) is 4.98 Å². The Balaban J connectivity index is 2.01. The summed E-state index contributed by atoms with van der Waals surface area (Å²) in [5, 5.41) is 12.8. The summed E-state index contributed by atoms with van der Waals surface area (Å²) in [6, 6.07) is 6.68. The molecule has 2 heterocycles. The van der Waals surface area contributed by atoms with Crippen molar-refractivity contribution in [1.29, 1.82) is 0 Å². The first-order valence-corrected chi connectivity index (χ1v) is 8.33. The van der Waals surface area contributed by atoms with Crippen LogP contribution < -0.4 is 20.7 Å². The third-order valence-corrected chi connectivity index (χ3v) is 3.85. The Morgan fingerprint density at radius 3 is 2.70 bits per heavy atom. The van der Waals surface area contributed by atoms with Crippen LogP contribution in [-0.2, 0) is 6.54 Å². The summed E-state index contributed by atoms with van der Waals surface area (Å²) in [4.78, 5) is 8.58. The minimum atomic E-state index is -0.533. The van der Waals surface area contributed by atoms with Crippen molar-refractivity contribution in [3.05, 3.63) is 41.5 Å². The Bertz CT molecular complexity index is 944. The summed E-state index contributed by atoms with van der Waals surface area (Å²) in [5.41, 5.74) is 1.50. The van der Waals surface area contributed by atoms with Gasteiger partial charge in [0.25, 0.3) is 0 Å². The molecule has 0 aliphatic carbocycles. The second-order valence-corrected chi connectivity index (χ2v) is 5.81. The topological polar surface area (TPSA) is 97.1 Å². The monoisotopic (exact) mass is 372 g/mol. The van der Waals surface area contributed by atoms with E-state index in [0.717, 1.165) is 5.69 Å². The van der Waals surface area contributed by atoms with Crippen molar-refractivity contribution < 1.29 is 13.7 Å². The van der Waals surface area contributed by atoms with Crippen LogP contribution >= 0.6 is 0 Å². The molecule has 0 spiro atoms. The van der Waals surface area contributed by atoms with Crippen LogP contribution in [-0.4, -0.2) is 36.3 Å². The summed E-state index contributed by atoms with van der Waals surface area (Å²) in [6.07, 6.45) is 0. The van der Waals surface area contributed by atoms with Gasteiger partial charge in [0.1, 0.15) is 17.3 Å². The van der Waals surface area contributed by atoms with Crippen molar-refractivity contribution in [2.75, 3.05) is 31.8 Å². The smallest absolute Gasteiger partial charge is 0.229 e. The van der Waals surface area contributed by atoms with Crippen molar-refractivity contribution in [3.63, 3.8) is 0 Å². The number of halogens is 1. The van der Waals surface area contributed by atoms with E-state index in [4.69, 9.17) is 9.26 Å². The molecular formula is C18H21FN6O2. The minimum absolute atomic E-state index is 0.204. The first kappa shape index (κ1) is 18.6. The molecule has 0 amide bonds. The molecule has 0 aliphatic heterocycles. The number of ether oxygens (including phenoxy) is 1. The Morgan fingerprint density at radius 1 is 1.19 bits per heavy atom. The number of hydrogen-bond donors (Lipinski definition) is 3. The number of benzene rings is 1. The summed E-state index contributed by atoms with van der Waals surface area (Å²) < 4.78 is 25.8. The van der Waals surface area contributed by atoms with Gasteiger partial charge in [-0.15, -0.1) is 0 Å². The van der Waals surface area contributed by atoms with Crippen LogP contribution in [0.1, 0.15) is 11.5 Å². The predicted molar refractivity (Wildman–Crippen MR) is 101 cm³/mol. The Kier molecular flexibility index (Phi) is 5.51. The molecule has 0 radical (unpaired) electrons. The van der Waals surface area contributed by atoms with Gasteiger partial charge in [-0.05, 0) is 26.1 Å². The fourth-order valence-electron chi connectivity index (χ4n) is 2.62. The second kappa shape index (κ2) is 8.00. The molecule has 0 saturated heterocycles. The fraction of sp³-hybridized carbons (Fsp3) is 0.278. The number of aromatic nitrogens is 3. The number of methoxy groups -OCH3 is 1.